The number of rotatable bonds is 8. The summed E-state index contributed by atoms with van der Waals surface area (Å²) >= 11 is 5.33. The van der Waals surface area contributed by atoms with Crippen molar-refractivity contribution in [3.8, 4) is 11.3 Å². The standard InChI is InChI=1S/C10H14ClN4O14P3/c11-2-1-10(12)7(17)5(27-8(10)15-9(18)14-6(16)3-13-15)4-26-31(22,23)29-32(24,25)28-30(19,20)21/h3,5,7-8,17H,4,12H2,(H,22,23)(H,24,25)(H,14,16,18)(H2,19,20,21)/t5-,7+,8-,10?/m1/s1. The second kappa shape index (κ2) is 9.55. The molecule has 0 spiro atoms. The number of nitrogens with one attached hydrogen (secondary N) is 1. The van der Waals surface area contributed by atoms with E-state index < -0.39 is 65.3 Å². The van der Waals surface area contributed by atoms with Crippen LogP contribution in [0.2, 0.25) is 0 Å². The number of phosphoric acid groups is 3. The molecule has 2 heterocycles. The molecule has 1 aromatic rings. The van der Waals surface area contributed by atoms with Gasteiger partial charge >= 0.3 is 29.2 Å². The molecule has 1 saturated heterocycles. The monoisotopic (exact) mass is 542 g/mol. The van der Waals surface area contributed by atoms with Gasteiger partial charge in [0.05, 0.1) is 6.61 Å². The zero-order valence-corrected chi connectivity index (χ0v) is 18.6. The van der Waals surface area contributed by atoms with Crippen molar-refractivity contribution in [1.29, 1.82) is 0 Å². The van der Waals surface area contributed by atoms with Crippen molar-refractivity contribution >= 4 is 35.1 Å². The summed E-state index contributed by atoms with van der Waals surface area (Å²) in [7, 11) is -16.9. The van der Waals surface area contributed by atoms with E-state index >= 15 is 0 Å². The fraction of sp³-hybridized carbons (Fsp3) is 0.500. The highest BCUT2D eigenvalue weighted by Gasteiger charge is 2.56. The Morgan fingerprint density at radius 3 is 2.41 bits per heavy atom. The number of aromatic nitrogens is 3. The van der Waals surface area contributed by atoms with Gasteiger partial charge in [-0.25, -0.2) is 18.5 Å². The molecular formula is C10H14ClN4O14P3. The van der Waals surface area contributed by atoms with Crippen molar-refractivity contribution in [2.24, 2.45) is 5.73 Å². The fourth-order valence-corrected chi connectivity index (χ4v) is 5.61. The Balaban J connectivity index is 2.24. The topological polar surface area (TPSA) is 283 Å². The van der Waals surface area contributed by atoms with Gasteiger partial charge in [-0.3, -0.25) is 14.3 Å². The van der Waals surface area contributed by atoms with E-state index in [0.717, 1.165) is 0 Å². The molecule has 0 saturated carbocycles. The third kappa shape index (κ3) is 6.64. The lowest BCUT2D eigenvalue weighted by Gasteiger charge is -2.26. The summed E-state index contributed by atoms with van der Waals surface area (Å²) in [6.07, 6.45) is -4.62. The number of nitrogens with zero attached hydrogens (tertiary/aromatic N) is 2. The van der Waals surface area contributed by atoms with Crippen molar-refractivity contribution < 1.29 is 56.3 Å². The van der Waals surface area contributed by atoms with E-state index in [0.29, 0.717) is 10.9 Å². The van der Waals surface area contributed by atoms with Gasteiger partial charge in [0.15, 0.2) is 11.8 Å². The first-order chi connectivity index (χ1) is 14.5. The molecule has 1 aliphatic heterocycles. The second-order valence-corrected chi connectivity index (χ2v) is 10.5. The minimum atomic E-state index is -5.78. The summed E-state index contributed by atoms with van der Waals surface area (Å²) in [5.41, 5.74) is 1.78. The normalized spacial score (nSPS) is 29.5. The van der Waals surface area contributed by atoms with Crippen molar-refractivity contribution in [2.45, 2.75) is 24.0 Å². The lowest BCUT2D eigenvalue weighted by Crippen LogP contribution is -2.55. The van der Waals surface area contributed by atoms with Crippen LogP contribution in [0.1, 0.15) is 6.23 Å². The second-order valence-electron chi connectivity index (χ2n) is 5.89. The average Bonchev–Trinajstić information content (AvgIpc) is 2.82. The molecule has 22 heteroatoms. The molecule has 180 valence electrons. The summed E-state index contributed by atoms with van der Waals surface area (Å²) < 4.78 is 51.0. The van der Waals surface area contributed by atoms with Crippen molar-refractivity contribution in [3.05, 3.63) is 27.0 Å². The van der Waals surface area contributed by atoms with Crippen molar-refractivity contribution in [3.63, 3.8) is 0 Å². The van der Waals surface area contributed by atoms with Crippen LogP contribution < -0.4 is 17.0 Å². The van der Waals surface area contributed by atoms with E-state index in [1.807, 2.05) is 10.4 Å². The zero-order valence-electron chi connectivity index (χ0n) is 15.1. The highest BCUT2D eigenvalue weighted by Crippen LogP contribution is 2.66. The van der Waals surface area contributed by atoms with Crippen LogP contribution in [0, 0.1) is 11.3 Å². The molecule has 0 aliphatic carbocycles. The zero-order chi connectivity index (χ0) is 24.5. The van der Waals surface area contributed by atoms with E-state index in [1.54, 1.807) is 0 Å². The van der Waals surface area contributed by atoms with E-state index in [4.69, 9.17) is 36.8 Å². The van der Waals surface area contributed by atoms with Crippen LogP contribution in [0.15, 0.2) is 15.8 Å². The smallest absolute Gasteiger partial charge is 0.387 e. The van der Waals surface area contributed by atoms with E-state index in [9.17, 15) is 33.3 Å². The number of halogens is 1. The number of aliphatic hydroxyl groups is 1. The number of nitrogens with two attached hydrogens (primary N) is 1. The van der Waals surface area contributed by atoms with Crippen LogP contribution in [0.3, 0.4) is 0 Å². The molecule has 8 N–H and O–H groups in total. The van der Waals surface area contributed by atoms with Gasteiger partial charge in [0.25, 0.3) is 5.56 Å². The quantitative estimate of drug-likeness (QED) is 0.131. The third-order valence-corrected chi connectivity index (χ3v) is 7.49. The molecule has 0 amide bonds. The molecule has 32 heavy (non-hydrogen) atoms. The molecule has 3 unspecified atom stereocenters. The molecular weight excluding hydrogens is 528 g/mol. The summed E-state index contributed by atoms with van der Waals surface area (Å²) in [4.78, 5) is 60.6. The molecule has 1 aliphatic rings. The first-order valence-electron chi connectivity index (χ1n) is 7.71. The number of H-pyrrole nitrogens is 1. The number of aliphatic hydroxyl groups excluding tert-OH is 1. The Hall–Kier alpha value is -1.25. The van der Waals surface area contributed by atoms with Gasteiger partial charge in [0.2, 0.25) is 0 Å². The first kappa shape index (κ1) is 27.0. The highest BCUT2D eigenvalue weighted by atomic mass is 35.5. The molecule has 0 radical (unpaired) electrons. The maximum absolute atomic E-state index is 12.0. The molecule has 2 rings (SSSR count). The molecule has 6 atom stereocenters. The number of aromatic amines is 1. The van der Waals surface area contributed by atoms with Gasteiger partial charge in [0, 0.05) is 5.38 Å². The number of hydrogen-bond acceptors (Lipinski definition) is 12. The average molecular weight is 543 g/mol. The summed E-state index contributed by atoms with van der Waals surface area (Å²) in [6, 6.07) is 0. The van der Waals surface area contributed by atoms with E-state index in [1.165, 1.54) is 0 Å². The third-order valence-electron chi connectivity index (χ3n) is 3.60. The first-order valence-corrected chi connectivity index (χ1v) is 12.6. The minimum absolute atomic E-state index is 0.483. The maximum Gasteiger partial charge on any atom is 0.490 e. The predicted molar refractivity (Wildman–Crippen MR) is 99.4 cm³/mol. The number of ether oxygens (including phenoxy) is 1. The van der Waals surface area contributed by atoms with E-state index in [-0.39, 0.29) is 0 Å². The predicted octanol–water partition coefficient (Wildman–Crippen LogP) is -2.57. The van der Waals surface area contributed by atoms with Crippen LogP contribution in [0.5, 0.6) is 0 Å². The Morgan fingerprint density at radius 1 is 1.25 bits per heavy atom. The number of hydrogen-bond donors (Lipinski definition) is 7. The van der Waals surface area contributed by atoms with Gasteiger partial charge in [-0.2, -0.15) is 18.4 Å². The van der Waals surface area contributed by atoms with Gasteiger partial charge in [0.1, 0.15) is 18.4 Å². The molecule has 0 bridgehead atoms. The van der Waals surface area contributed by atoms with Gasteiger partial charge in [-0.15, -0.1) is 0 Å². The molecule has 1 fully saturated rings. The van der Waals surface area contributed by atoms with Gasteiger partial charge in [-0.05, 0) is 11.6 Å². The van der Waals surface area contributed by atoms with Crippen LogP contribution in [-0.2, 0) is 31.6 Å². The largest absolute Gasteiger partial charge is 0.490 e. The summed E-state index contributed by atoms with van der Waals surface area (Å²) in [5, 5.41) is 15.8. The summed E-state index contributed by atoms with van der Waals surface area (Å²) in [6.45, 7) is -1.11. The molecule has 18 nitrogen and oxygen atoms in total. The number of phosphoric ester groups is 1. The Labute approximate surface area is 181 Å². The van der Waals surface area contributed by atoms with Crippen molar-refractivity contribution in [1.82, 2.24) is 14.8 Å². The molecule has 0 aromatic carbocycles. The van der Waals surface area contributed by atoms with Crippen LogP contribution in [-0.4, -0.2) is 63.8 Å². The Morgan fingerprint density at radius 2 is 1.88 bits per heavy atom. The maximum atomic E-state index is 12.0. The van der Waals surface area contributed by atoms with Crippen LogP contribution in [0.25, 0.3) is 0 Å². The highest BCUT2D eigenvalue weighted by molar-refractivity contribution is 7.66. The SMILES string of the molecule is NC1(C#CCl)[C@@H](O)[C@@H](COP(=O)(O)OP(=O)(O)OP(=O)(O)O)O[C@H]1n1ncc(=O)[nH]c1=O. The molecule has 1 aromatic heterocycles. The fourth-order valence-electron chi connectivity index (χ4n) is 2.41. The Kier molecular flexibility index (Phi) is 8.06. The van der Waals surface area contributed by atoms with Gasteiger partial charge < -0.3 is 35.2 Å². The van der Waals surface area contributed by atoms with E-state index in [2.05, 4.69) is 24.2 Å². The van der Waals surface area contributed by atoms with Crippen LogP contribution >= 0.6 is 35.1 Å². The van der Waals surface area contributed by atoms with Crippen LogP contribution in [0.4, 0.5) is 0 Å². The lowest BCUT2D eigenvalue weighted by molar-refractivity contribution is -0.0520. The van der Waals surface area contributed by atoms with Gasteiger partial charge in [-0.1, -0.05) is 5.92 Å². The summed E-state index contributed by atoms with van der Waals surface area (Å²) in [5.74, 6) is 2.17. The Bertz CT molecular complexity index is 1190. The minimum Gasteiger partial charge on any atom is -0.387 e. The van der Waals surface area contributed by atoms with Crippen molar-refractivity contribution in [2.75, 3.05) is 6.61 Å². The lowest BCUT2D eigenvalue weighted by atomic mass is 9.92.